The third-order valence-corrected chi connectivity index (χ3v) is 5.79. The lowest BCUT2D eigenvalue weighted by Crippen LogP contribution is -2.36. The van der Waals surface area contributed by atoms with Gasteiger partial charge in [-0.1, -0.05) is 58.5 Å². The van der Waals surface area contributed by atoms with E-state index in [1.54, 1.807) is 0 Å². The summed E-state index contributed by atoms with van der Waals surface area (Å²) in [5, 5.41) is 1.24. The number of benzene rings is 2. The van der Waals surface area contributed by atoms with Crippen molar-refractivity contribution in [2.24, 2.45) is 0 Å². The van der Waals surface area contributed by atoms with Gasteiger partial charge in [-0.15, -0.1) is 0 Å². The summed E-state index contributed by atoms with van der Waals surface area (Å²) >= 11 is 23.8. The first-order valence-corrected chi connectivity index (χ1v) is 9.56. The number of hydrogen-bond acceptors (Lipinski definition) is 5. The minimum absolute atomic E-state index is 0.100. The van der Waals surface area contributed by atoms with Gasteiger partial charge in [0.15, 0.2) is 6.61 Å². The van der Waals surface area contributed by atoms with Crippen molar-refractivity contribution in [1.82, 2.24) is 4.90 Å². The number of carbonyl (C=O) groups excluding carboxylic acids is 4. The molecule has 12 heteroatoms. The molecule has 0 radical (unpaired) electrons. The molecule has 0 atom stereocenters. The fraction of sp³-hybridized carbons (Fsp3) is 0.111. The number of amides is 3. The topological polar surface area (TPSA) is 92.8 Å². The van der Waals surface area contributed by atoms with Gasteiger partial charge < -0.3 is 10.1 Å². The van der Waals surface area contributed by atoms with Crippen LogP contribution in [0.2, 0.25) is 20.1 Å². The molecule has 2 aromatic carbocycles. The molecule has 156 valence electrons. The van der Waals surface area contributed by atoms with Gasteiger partial charge in [-0.3, -0.25) is 24.1 Å². The molecule has 30 heavy (non-hydrogen) atoms. The van der Waals surface area contributed by atoms with Gasteiger partial charge >= 0.3 is 5.97 Å². The zero-order chi connectivity index (χ0) is 22.2. The van der Waals surface area contributed by atoms with Crippen molar-refractivity contribution in [3.8, 4) is 0 Å². The summed E-state index contributed by atoms with van der Waals surface area (Å²) in [5.74, 6) is -4.41. The Labute approximate surface area is 188 Å². The average molecular weight is 494 g/mol. The number of fused-ring (bicyclic) bond motifs is 1. The number of carbonyl (C=O) groups is 4. The highest BCUT2D eigenvalue weighted by Crippen LogP contribution is 2.44. The summed E-state index contributed by atoms with van der Waals surface area (Å²) in [6, 6.07) is 5.39. The van der Waals surface area contributed by atoms with Gasteiger partial charge in [-0.25, -0.2) is 4.39 Å². The van der Waals surface area contributed by atoms with E-state index in [2.05, 4.69) is 5.32 Å². The molecule has 2 aromatic rings. The molecule has 1 N–H and O–H groups in total. The first-order valence-electron chi connectivity index (χ1n) is 8.05. The molecule has 0 saturated carbocycles. The predicted molar refractivity (Wildman–Crippen MR) is 108 cm³/mol. The van der Waals surface area contributed by atoms with Crippen molar-refractivity contribution in [1.29, 1.82) is 0 Å². The number of nitrogens with one attached hydrogen (secondary N) is 1. The summed E-state index contributed by atoms with van der Waals surface area (Å²) in [5.41, 5.74) is -0.672. The SMILES string of the molecule is O=C(COC(=O)CN1C(=O)c2c(Cl)c(Cl)c(Cl)c(Cl)c2C1=O)Nc1ccccc1F. The number of imide groups is 1. The Morgan fingerprint density at radius 3 is 2.00 bits per heavy atom. The number of rotatable bonds is 5. The molecule has 0 aromatic heterocycles. The lowest BCUT2D eigenvalue weighted by molar-refractivity contribution is -0.147. The third-order valence-electron chi connectivity index (χ3n) is 3.98. The maximum atomic E-state index is 13.5. The molecule has 0 aliphatic carbocycles. The van der Waals surface area contributed by atoms with Gasteiger partial charge in [0, 0.05) is 0 Å². The van der Waals surface area contributed by atoms with E-state index < -0.39 is 42.7 Å². The van der Waals surface area contributed by atoms with E-state index in [0.717, 1.165) is 6.07 Å². The second-order valence-corrected chi connectivity index (χ2v) is 7.40. The van der Waals surface area contributed by atoms with Gasteiger partial charge in [0.1, 0.15) is 12.4 Å². The molecule has 1 heterocycles. The van der Waals surface area contributed by atoms with Crippen molar-refractivity contribution in [3.63, 3.8) is 0 Å². The van der Waals surface area contributed by atoms with Crippen molar-refractivity contribution >= 4 is 75.8 Å². The highest BCUT2D eigenvalue weighted by Gasteiger charge is 2.42. The highest BCUT2D eigenvalue weighted by molar-refractivity contribution is 6.55. The minimum atomic E-state index is -1.07. The number of ether oxygens (including phenoxy) is 1. The summed E-state index contributed by atoms with van der Waals surface area (Å²) < 4.78 is 18.3. The van der Waals surface area contributed by atoms with Crippen LogP contribution in [0.15, 0.2) is 24.3 Å². The van der Waals surface area contributed by atoms with E-state index in [-0.39, 0.29) is 36.9 Å². The van der Waals surface area contributed by atoms with Crippen molar-refractivity contribution < 1.29 is 28.3 Å². The van der Waals surface area contributed by atoms with E-state index in [1.165, 1.54) is 18.2 Å². The van der Waals surface area contributed by atoms with Crippen LogP contribution in [0.25, 0.3) is 0 Å². The van der Waals surface area contributed by atoms with Crippen LogP contribution in [0.1, 0.15) is 20.7 Å². The number of hydrogen-bond donors (Lipinski definition) is 1. The number of para-hydroxylation sites is 1. The van der Waals surface area contributed by atoms with Crippen LogP contribution in [-0.4, -0.2) is 41.7 Å². The summed E-state index contributed by atoms with van der Waals surface area (Å²) in [4.78, 5) is 49.4. The maximum absolute atomic E-state index is 13.5. The standard InChI is InChI=1S/C18H9Cl4FN2O5/c19-13-11-12(14(20)16(22)15(13)21)18(29)25(17(11)28)5-10(27)30-6-9(26)24-8-4-2-1-3-7(8)23/h1-4H,5-6H2,(H,24,26). The minimum Gasteiger partial charge on any atom is -0.454 e. The average Bonchev–Trinajstić information content (AvgIpc) is 2.95. The number of nitrogens with zero attached hydrogens (tertiary/aromatic N) is 1. The monoisotopic (exact) mass is 492 g/mol. The van der Waals surface area contributed by atoms with E-state index in [0.29, 0.717) is 4.90 Å². The molecule has 3 rings (SSSR count). The Balaban J connectivity index is 1.66. The fourth-order valence-corrected chi connectivity index (χ4v) is 3.62. The lowest BCUT2D eigenvalue weighted by Gasteiger charge is -2.13. The van der Waals surface area contributed by atoms with Gasteiger partial charge in [0.05, 0.1) is 36.9 Å². The molecule has 3 amide bonds. The maximum Gasteiger partial charge on any atom is 0.326 e. The van der Waals surface area contributed by atoms with Crippen molar-refractivity contribution in [3.05, 3.63) is 61.3 Å². The van der Waals surface area contributed by atoms with Gasteiger partial charge in [-0.2, -0.15) is 0 Å². The molecule has 0 bridgehead atoms. The second-order valence-electron chi connectivity index (χ2n) is 5.89. The first kappa shape index (κ1) is 22.3. The van der Waals surface area contributed by atoms with Crippen LogP contribution in [0.4, 0.5) is 10.1 Å². The molecule has 0 fully saturated rings. The molecule has 1 aliphatic heterocycles. The van der Waals surface area contributed by atoms with Crippen LogP contribution in [-0.2, 0) is 14.3 Å². The molecular weight excluding hydrogens is 485 g/mol. The highest BCUT2D eigenvalue weighted by atomic mass is 35.5. The molecule has 0 saturated heterocycles. The lowest BCUT2D eigenvalue weighted by atomic mass is 10.1. The largest absolute Gasteiger partial charge is 0.454 e. The van der Waals surface area contributed by atoms with Crippen molar-refractivity contribution in [2.45, 2.75) is 0 Å². The Hall–Kier alpha value is -2.39. The molecule has 0 unspecified atom stereocenters. The van der Waals surface area contributed by atoms with E-state index >= 15 is 0 Å². The third kappa shape index (κ3) is 4.09. The fourth-order valence-electron chi connectivity index (χ4n) is 2.61. The van der Waals surface area contributed by atoms with Crippen molar-refractivity contribution in [2.75, 3.05) is 18.5 Å². The number of halogens is 5. The van der Waals surface area contributed by atoms with E-state index in [1.807, 2.05) is 0 Å². The number of esters is 1. The van der Waals surface area contributed by atoms with Gasteiger partial charge in [0.25, 0.3) is 17.7 Å². The van der Waals surface area contributed by atoms with Gasteiger partial charge in [-0.05, 0) is 12.1 Å². The quantitative estimate of drug-likeness (QED) is 0.291. The normalized spacial score (nSPS) is 12.8. The van der Waals surface area contributed by atoms with Crippen LogP contribution in [0, 0.1) is 5.82 Å². The molecule has 7 nitrogen and oxygen atoms in total. The first-order chi connectivity index (χ1) is 14.1. The smallest absolute Gasteiger partial charge is 0.326 e. The van der Waals surface area contributed by atoms with E-state index in [4.69, 9.17) is 51.1 Å². The van der Waals surface area contributed by atoms with Crippen LogP contribution < -0.4 is 5.32 Å². The molecule has 1 aliphatic rings. The van der Waals surface area contributed by atoms with Crippen LogP contribution >= 0.6 is 46.4 Å². The Kier molecular flexibility index (Phi) is 6.52. The zero-order valence-corrected chi connectivity index (χ0v) is 17.6. The molecule has 0 spiro atoms. The Bertz CT molecular complexity index is 1060. The summed E-state index contributed by atoms with van der Waals surface area (Å²) in [6.07, 6.45) is 0. The summed E-state index contributed by atoms with van der Waals surface area (Å²) in [7, 11) is 0. The Morgan fingerprint density at radius 2 is 1.47 bits per heavy atom. The van der Waals surface area contributed by atoms with E-state index in [9.17, 15) is 23.6 Å². The van der Waals surface area contributed by atoms with Gasteiger partial charge in [0.2, 0.25) is 0 Å². The zero-order valence-electron chi connectivity index (χ0n) is 14.6. The number of anilines is 1. The van der Waals surface area contributed by atoms with Crippen LogP contribution in [0.3, 0.4) is 0 Å². The Morgan fingerprint density at radius 1 is 0.933 bits per heavy atom. The van der Waals surface area contributed by atoms with Crippen LogP contribution in [0.5, 0.6) is 0 Å². The predicted octanol–water partition coefficient (Wildman–Crippen LogP) is 4.22. The molecular formula is C18H9Cl4FN2O5. The second kappa shape index (κ2) is 8.77. The summed E-state index contributed by atoms with van der Waals surface area (Å²) in [6.45, 7) is -1.59.